The van der Waals surface area contributed by atoms with Crippen molar-refractivity contribution in [3.8, 4) is 0 Å². The fraction of sp³-hybridized carbons (Fsp3) is 0.200. The van der Waals surface area contributed by atoms with E-state index in [4.69, 9.17) is 0 Å². The Bertz CT molecular complexity index is 760. The summed E-state index contributed by atoms with van der Waals surface area (Å²) in [6.07, 6.45) is 3.05. The van der Waals surface area contributed by atoms with Crippen LogP contribution in [0.15, 0.2) is 53.7 Å². The first-order chi connectivity index (χ1) is 10.5. The predicted molar refractivity (Wildman–Crippen MR) is 82.2 cm³/mol. The molecule has 2 aromatic rings. The number of methoxy groups -OCH3 is 1. The Kier molecular flexibility index (Phi) is 4.77. The summed E-state index contributed by atoms with van der Waals surface area (Å²) >= 11 is 0. The molecule has 0 fully saturated rings. The highest BCUT2D eigenvalue weighted by Gasteiger charge is 2.24. The molecule has 0 saturated heterocycles. The van der Waals surface area contributed by atoms with Crippen LogP contribution in [-0.4, -0.2) is 33.0 Å². The lowest BCUT2D eigenvalue weighted by Crippen LogP contribution is -2.31. The maximum absolute atomic E-state index is 12.8. The molecular formula is C15H16N2O4S. The lowest BCUT2D eigenvalue weighted by molar-refractivity contribution is 0.0600. The van der Waals surface area contributed by atoms with Crippen LogP contribution in [0.2, 0.25) is 0 Å². The second-order valence-electron chi connectivity index (χ2n) is 4.40. The Morgan fingerprint density at radius 1 is 1.27 bits per heavy atom. The monoisotopic (exact) mass is 320 g/mol. The van der Waals surface area contributed by atoms with E-state index in [0.717, 1.165) is 0 Å². The number of hydrogen-bond acceptors (Lipinski definition) is 5. The molecule has 0 aliphatic carbocycles. The van der Waals surface area contributed by atoms with Crippen molar-refractivity contribution in [1.29, 1.82) is 0 Å². The molecule has 0 saturated carbocycles. The molecule has 1 heterocycles. The van der Waals surface area contributed by atoms with Crippen molar-refractivity contribution < 1.29 is 17.9 Å². The number of carbonyl (C=O) groups excluding carboxylic acids is 1. The molecule has 7 heteroatoms. The molecule has 0 spiro atoms. The maximum atomic E-state index is 12.8. The second-order valence-corrected chi connectivity index (χ2v) is 6.26. The van der Waals surface area contributed by atoms with Crippen molar-refractivity contribution in [2.45, 2.75) is 11.8 Å². The molecule has 0 radical (unpaired) electrons. The van der Waals surface area contributed by atoms with Gasteiger partial charge in [0.05, 0.1) is 29.5 Å². The minimum Gasteiger partial charge on any atom is -0.465 e. The lowest BCUT2D eigenvalue weighted by Gasteiger charge is -2.22. The molecule has 0 N–H and O–H groups in total. The Labute approximate surface area is 129 Å². The Morgan fingerprint density at radius 3 is 2.64 bits per heavy atom. The van der Waals surface area contributed by atoms with E-state index in [9.17, 15) is 13.2 Å². The van der Waals surface area contributed by atoms with E-state index in [1.807, 2.05) is 0 Å². The summed E-state index contributed by atoms with van der Waals surface area (Å²) < 4.78 is 31.4. The zero-order valence-corrected chi connectivity index (χ0v) is 13.1. The zero-order valence-electron chi connectivity index (χ0n) is 12.3. The molecule has 116 valence electrons. The van der Waals surface area contributed by atoms with Crippen LogP contribution >= 0.6 is 0 Å². The van der Waals surface area contributed by atoms with Gasteiger partial charge >= 0.3 is 5.97 Å². The lowest BCUT2D eigenvalue weighted by atomic mass is 10.2. The summed E-state index contributed by atoms with van der Waals surface area (Å²) in [5, 5.41) is 0. The number of rotatable bonds is 5. The average molecular weight is 320 g/mol. The van der Waals surface area contributed by atoms with Crippen LogP contribution in [0.25, 0.3) is 0 Å². The first-order valence-corrected chi connectivity index (χ1v) is 8.06. The molecule has 0 atom stereocenters. The van der Waals surface area contributed by atoms with Gasteiger partial charge in [-0.3, -0.25) is 9.29 Å². The number of sulfonamides is 1. The van der Waals surface area contributed by atoms with Gasteiger partial charge in [0, 0.05) is 12.7 Å². The van der Waals surface area contributed by atoms with Gasteiger partial charge in [-0.05, 0) is 37.3 Å². The quantitative estimate of drug-likeness (QED) is 0.788. The molecule has 6 nitrogen and oxygen atoms in total. The number of anilines is 1. The van der Waals surface area contributed by atoms with E-state index in [-0.39, 0.29) is 17.0 Å². The fourth-order valence-corrected chi connectivity index (χ4v) is 3.53. The van der Waals surface area contributed by atoms with Crippen LogP contribution in [0.3, 0.4) is 0 Å². The van der Waals surface area contributed by atoms with Crippen LogP contribution < -0.4 is 4.31 Å². The molecule has 0 unspecified atom stereocenters. The Balaban J connectivity index is 2.47. The van der Waals surface area contributed by atoms with Gasteiger partial charge in [-0.2, -0.15) is 0 Å². The number of esters is 1. The van der Waals surface area contributed by atoms with Crippen LogP contribution in [0.4, 0.5) is 5.69 Å². The van der Waals surface area contributed by atoms with E-state index in [1.54, 1.807) is 25.3 Å². The molecule has 2 rings (SSSR count). The third-order valence-corrected chi connectivity index (χ3v) is 4.96. The van der Waals surface area contributed by atoms with Crippen molar-refractivity contribution in [3.63, 3.8) is 0 Å². The average Bonchev–Trinajstić information content (AvgIpc) is 2.55. The van der Waals surface area contributed by atoms with Gasteiger partial charge < -0.3 is 4.74 Å². The third-order valence-electron chi connectivity index (χ3n) is 3.06. The van der Waals surface area contributed by atoms with Crippen molar-refractivity contribution in [2.24, 2.45) is 0 Å². The van der Waals surface area contributed by atoms with E-state index in [2.05, 4.69) is 9.72 Å². The zero-order chi connectivity index (χ0) is 16.2. The van der Waals surface area contributed by atoms with Crippen LogP contribution in [-0.2, 0) is 14.8 Å². The fourth-order valence-electron chi connectivity index (χ4n) is 2.02. The minimum absolute atomic E-state index is 0.0288. The van der Waals surface area contributed by atoms with Crippen molar-refractivity contribution in [2.75, 3.05) is 18.0 Å². The molecule has 1 aromatic heterocycles. The highest BCUT2D eigenvalue weighted by Crippen LogP contribution is 2.23. The summed E-state index contributed by atoms with van der Waals surface area (Å²) in [5.74, 6) is -0.582. The number of ether oxygens (including phenoxy) is 1. The van der Waals surface area contributed by atoms with E-state index < -0.39 is 16.0 Å². The molecule has 0 bridgehead atoms. The summed E-state index contributed by atoms with van der Waals surface area (Å²) in [5.41, 5.74) is 0.652. The minimum atomic E-state index is -3.78. The summed E-state index contributed by atoms with van der Waals surface area (Å²) in [6, 6.07) is 9.10. The van der Waals surface area contributed by atoms with E-state index >= 15 is 0 Å². The number of hydrogen-bond donors (Lipinski definition) is 0. The van der Waals surface area contributed by atoms with Gasteiger partial charge in [-0.15, -0.1) is 0 Å². The van der Waals surface area contributed by atoms with E-state index in [0.29, 0.717) is 5.69 Å². The number of benzene rings is 1. The van der Waals surface area contributed by atoms with Gasteiger partial charge in [-0.25, -0.2) is 13.2 Å². The summed E-state index contributed by atoms with van der Waals surface area (Å²) in [6.45, 7) is 1.98. The molecular weight excluding hydrogens is 304 g/mol. The smallest absolute Gasteiger partial charge is 0.337 e. The van der Waals surface area contributed by atoms with Crippen LogP contribution in [0.5, 0.6) is 0 Å². The molecule has 0 aliphatic rings. The van der Waals surface area contributed by atoms with Gasteiger partial charge in [0.15, 0.2) is 0 Å². The molecule has 22 heavy (non-hydrogen) atoms. The van der Waals surface area contributed by atoms with Crippen molar-refractivity contribution >= 4 is 21.7 Å². The predicted octanol–water partition coefficient (Wildman–Crippen LogP) is 2.08. The normalized spacial score (nSPS) is 11.0. The van der Waals surface area contributed by atoms with Gasteiger partial charge in [0.25, 0.3) is 10.0 Å². The van der Waals surface area contributed by atoms with Gasteiger partial charge in [0.2, 0.25) is 0 Å². The van der Waals surface area contributed by atoms with Gasteiger partial charge in [0.1, 0.15) is 0 Å². The van der Waals surface area contributed by atoms with Crippen molar-refractivity contribution in [1.82, 2.24) is 4.98 Å². The highest BCUT2D eigenvalue weighted by molar-refractivity contribution is 7.92. The number of nitrogens with zero attached hydrogens (tertiary/aromatic N) is 2. The number of carbonyl (C=O) groups is 1. The van der Waals surface area contributed by atoms with E-state index in [1.165, 1.54) is 41.9 Å². The summed E-state index contributed by atoms with van der Waals surface area (Å²) in [4.78, 5) is 15.5. The number of aromatic nitrogens is 1. The number of pyridine rings is 1. The van der Waals surface area contributed by atoms with Crippen molar-refractivity contribution in [3.05, 3.63) is 54.4 Å². The standard InChI is InChI=1S/C15H16N2O4S/c1-3-17(13-7-5-9-16-11-13)22(19,20)14-8-4-6-12(10-14)15(18)21-2/h4-11H,3H2,1-2H3. The Hall–Kier alpha value is -2.41. The summed E-state index contributed by atoms with van der Waals surface area (Å²) in [7, 11) is -2.54. The topological polar surface area (TPSA) is 76.6 Å². The highest BCUT2D eigenvalue weighted by atomic mass is 32.2. The first kappa shape index (κ1) is 16.0. The second kappa shape index (κ2) is 6.57. The maximum Gasteiger partial charge on any atom is 0.337 e. The SMILES string of the molecule is CCN(c1cccnc1)S(=O)(=O)c1cccc(C(=O)OC)c1. The Morgan fingerprint density at radius 2 is 2.05 bits per heavy atom. The molecule has 0 aliphatic heterocycles. The first-order valence-electron chi connectivity index (χ1n) is 6.62. The largest absolute Gasteiger partial charge is 0.465 e. The molecule has 0 amide bonds. The molecule has 1 aromatic carbocycles. The van der Waals surface area contributed by atoms with Gasteiger partial charge in [-0.1, -0.05) is 6.07 Å². The van der Waals surface area contributed by atoms with Crippen LogP contribution in [0.1, 0.15) is 17.3 Å². The third kappa shape index (κ3) is 3.09. The van der Waals surface area contributed by atoms with Crippen LogP contribution in [0, 0.1) is 0 Å².